The molecule has 0 aliphatic carbocycles. The first-order valence-corrected chi connectivity index (χ1v) is 7.96. The van der Waals surface area contributed by atoms with Gasteiger partial charge in [-0.2, -0.15) is 10.4 Å². The van der Waals surface area contributed by atoms with Gasteiger partial charge in [0.1, 0.15) is 6.07 Å². The maximum absolute atomic E-state index is 12.3. The Bertz CT molecular complexity index is 788. The highest BCUT2D eigenvalue weighted by Gasteiger charge is 2.18. The van der Waals surface area contributed by atoms with Crippen molar-refractivity contribution in [1.82, 2.24) is 14.5 Å². The van der Waals surface area contributed by atoms with E-state index in [1.54, 1.807) is 30.1 Å². The topological polar surface area (TPSA) is 87.8 Å². The molecule has 21 heavy (non-hydrogen) atoms. The van der Waals surface area contributed by atoms with E-state index < -0.39 is 10.0 Å². The molecule has 0 bridgehead atoms. The number of aromatic nitrogens is 2. The normalized spacial score (nSPS) is 11.3. The summed E-state index contributed by atoms with van der Waals surface area (Å²) in [7, 11) is -1.93. The fraction of sp³-hybridized carbons (Fsp3) is 0.286. The SMILES string of the molecule is CCc1nn(C)cc1CNS(=O)(=O)c1ccccc1C#N. The van der Waals surface area contributed by atoms with Gasteiger partial charge >= 0.3 is 0 Å². The molecule has 7 heteroatoms. The molecule has 6 nitrogen and oxygen atoms in total. The van der Waals surface area contributed by atoms with Gasteiger partial charge in [-0.15, -0.1) is 0 Å². The second-order valence-corrected chi connectivity index (χ2v) is 6.30. The van der Waals surface area contributed by atoms with Crippen molar-refractivity contribution >= 4 is 10.0 Å². The van der Waals surface area contributed by atoms with Crippen molar-refractivity contribution in [3.8, 4) is 6.07 Å². The van der Waals surface area contributed by atoms with Crippen LogP contribution in [0.4, 0.5) is 0 Å². The summed E-state index contributed by atoms with van der Waals surface area (Å²) in [5.41, 5.74) is 1.82. The smallest absolute Gasteiger partial charge is 0.242 e. The van der Waals surface area contributed by atoms with Gasteiger partial charge in [-0.3, -0.25) is 4.68 Å². The second-order valence-electron chi connectivity index (χ2n) is 4.56. The van der Waals surface area contributed by atoms with Crippen LogP contribution >= 0.6 is 0 Å². The third-order valence-electron chi connectivity index (χ3n) is 3.08. The molecule has 0 atom stereocenters. The molecular formula is C14H16N4O2S. The van der Waals surface area contributed by atoms with Gasteiger partial charge in [-0.25, -0.2) is 13.1 Å². The fourth-order valence-electron chi connectivity index (χ4n) is 2.07. The van der Waals surface area contributed by atoms with Crippen LogP contribution in [0, 0.1) is 11.3 Å². The van der Waals surface area contributed by atoms with E-state index in [1.807, 2.05) is 13.0 Å². The highest BCUT2D eigenvalue weighted by molar-refractivity contribution is 7.89. The summed E-state index contributed by atoms with van der Waals surface area (Å²) in [5.74, 6) is 0. The molecule has 1 heterocycles. The van der Waals surface area contributed by atoms with Gasteiger partial charge in [-0.05, 0) is 18.6 Å². The molecule has 0 aliphatic heterocycles. The molecule has 1 aromatic heterocycles. The minimum Gasteiger partial charge on any atom is -0.275 e. The highest BCUT2D eigenvalue weighted by Crippen LogP contribution is 2.15. The number of nitriles is 1. The zero-order valence-electron chi connectivity index (χ0n) is 11.9. The monoisotopic (exact) mass is 304 g/mol. The first-order chi connectivity index (χ1) is 9.97. The Hall–Kier alpha value is -2.17. The molecule has 2 aromatic rings. The maximum atomic E-state index is 12.3. The van der Waals surface area contributed by atoms with Crippen molar-refractivity contribution in [2.24, 2.45) is 7.05 Å². The third-order valence-corrected chi connectivity index (χ3v) is 4.54. The minimum absolute atomic E-state index is 0.00515. The second kappa shape index (κ2) is 6.08. The van der Waals surface area contributed by atoms with Crippen LogP contribution in [0.3, 0.4) is 0 Å². The van der Waals surface area contributed by atoms with Gasteiger partial charge in [0.2, 0.25) is 10.0 Å². The quantitative estimate of drug-likeness (QED) is 0.902. The number of sulfonamides is 1. The zero-order chi connectivity index (χ0) is 15.5. The van der Waals surface area contributed by atoms with E-state index in [9.17, 15) is 8.42 Å². The Morgan fingerprint density at radius 2 is 2.10 bits per heavy atom. The van der Waals surface area contributed by atoms with Crippen LogP contribution in [0.25, 0.3) is 0 Å². The number of nitrogens with zero attached hydrogens (tertiary/aromatic N) is 3. The average Bonchev–Trinajstić information content (AvgIpc) is 2.85. The molecule has 0 radical (unpaired) electrons. The summed E-state index contributed by atoms with van der Waals surface area (Å²) in [6.45, 7) is 2.12. The largest absolute Gasteiger partial charge is 0.275 e. The lowest BCUT2D eigenvalue weighted by Crippen LogP contribution is -2.24. The van der Waals surface area contributed by atoms with E-state index in [0.29, 0.717) is 0 Å². The highest BCUT2D eigenvalue weighted by atomic mass is 32.2. The summed E-state index contributed by atoms with van der Waals surface area (Å²) >= 11 is 0. The molecule has 0 amide bonds. The molecular weight excluding hydrogens is 288 g/mol. The zero-order valence-corrected chi connectivity index (χ0v) is 12.7. The molecule has 1 N–H and O–H groups in total. The first-order valence-electron chi connectivity index (χ1n) is 6.48. The van der Waals surface area contributed by atoms with Crippen LogP contribution in [0.15, 0.2) is 35.4 Å². The number of benzene rings is 1. The molecule has 0 aliphatic rings. The molecule has 0 fully saturated rings. The van der Waals surface area contributed by atoms with E-state index in [4.69, 9.17) is 5.26 Å². The van der Waals surface area contributed by atoms with Gasteiger partial charge in [-0.1, -0.05) is 19.1 Å². The van der Waals surface area contributed by atoms with E-state index in [-0.39, 0.29) is 17.0 Å². The van der Waals surface area contributed by atoms with Gasteiger partial charge in [0, 0.05) is 25.4 Å². The summed E-state index contributed by atoms with van der Waals surface area (Å²) < 4.78 is 28.8. The van der Waals surface area contributed by atoms with Crippen LogP contribution in [0.5, 0.6) is 0 Å². The molecule has 0 spiro atoms. The van der Waals surface area contributed by atoms with E-state index in [0.717, 1.165) is 17.7 Å². The van der Waals surface area contributed by atoms with Crippen molar-refractivity contribution in [3.05, 3.63) is 47.3 Å². The fourth-order valence-corrected chi connectivity index (χ4v) is 3.23. The predicted octanol–water partition coefficient (Wildman–Crippen LogP) is 1.33. The summed E-state index contributed by atoms with van der Waals surface area (Å²) in [5, 5.41) is 13.3. The van der Waals surface area contributed by atoms with E-state index in [1.165, 1.54) is 12.1 Å². The molecule has 0 saturated carbocycles. The Kier molecular flexibility index (Phi) is 4.40. The summed E-state index contributed by atoms with van der Waals surface area (Å²) in [6.07, 6.45) is 2.52. The Balaban J connectivity index is 2.24. The van der Waals surface area contributed by atoms with Gasteiger partial charge < -0.3 is 0 Å². The number of aryl methyl sites for hydroxylation is 2. The standard InChI is InChI=1S/C14H16N4O2S/c1-3-13-12(10-18(2)17-13)9-16-21(19,20)14-7-5-4-6-11(14)8-15/h4-7,10,16H,3,9H2,1-2H3. The predicted molar refractivity (Wildman–Crippen MR) is 77.8 cm³/mol. The molecule has 0 saturated heterocycles. The lowest BCUT2D eigenvalue weighted by Gasteiger charge is -2.07. The van der Waals surface area contributed by atoms with Gasteiger partial charge in [0.15, 0.2) is 0 Å². The number of hydrogen-bond donors (Lipinski definition) is 1. The first kappa shape index (κ1) is 15.2. The van der Waals surface area contributed by atoms with Crippen molar-refractivity contribution in [1.29, 1.82) is 5.26 Å². The van der Waals surface area contributed by atoms with Crippen molar-refractivity contribution < 1.29 is 8.42 Å². The van der Waals surface area contributed by atoms with E-state index in [2.05, 4.69) is 9.82 Å². The third kappa shape index (κ3) is 3.29. The van der Waals surface area contributed by atoms with Crippen LogP contribution in [-0.4, -0.2) is 18.2 Å². The van der Waals surface area contributed by atoms with Crippen molar-refractivity contribution in [2.75, 3.05) is 0 Å². The Morgan fingerprint density at radius 3 is 2.76 bits per heavy atom. The molecule has 110 valence electrons. The Labute approximate surface area is 124 Å². The van der Waals surface area contributed by atoms with Crippen LogP contribution < -0.4 is 4.72 Å². The van der Waals surface area contributed by atoms with Crippen LogP contribution in [0.1, 0.15) is 23.7 Å². The van der Waals surface area contributed by atoms with Crippen molar-refractivity contribution in [2.45, 2.75) is 24.8 Å². The maximum Gasteiger partial charge on any atom is 0.242 e. The van der Waals surface area contributed by atoms with Crippen LogP contribution in [0.2, 0.25) is 0 Å². The number of nitrogens with one attached hydrogen (secondary N) is 1. The number of rotatable bonds is 5. The average molecular weight is 304 g/mol. The molecule has 2 rings (SSSR count). The van der Waals surface area contributed by atoms with Crippen molar-refractivity contribution in [3.63, 3.8) is 0 Å². The summed E-state index contributed by atoms with van der Waals surface area (Å²) in [6, 6.07) is 8.02. The minimum atomic E-state index is -3.73. The molecule has 0 unspecified atom stereocenters. The van der Waals surface area contributed by atoms with Gasteiger partial charge in [0.25, 0.3) is 0 Å². The van der Waals surface area contributed by atoms with Gasteiger partial charge in [0.05, 0.1) is 16.2 Å². The Morgan fingerprint density at radius 1 is 1.38 bits per heavy atom. The summed E-state index contributed by atoms with van der Waals surface area (Å²) in [4.78, 5) is -0.00515. The lowest BCUT2D eigenvalue weighted by molar-refractivity contribution is 0.581. The lowest BCUT2D eigenvalue weighted by atomic mass is 10.2. The molecule has 1 aromatic carbocycles. The van der Waals surface area contributed by atoms with Crippen LogP contribution in [-0.2, 0) is 30.0 Å². The number of hydrogen-bond acceptors (Lipinski definition) is 4. The van der Waals surface area contributed by atoms with E-state index >= 15 is 0 Å².